The number of aromatic nitrogens is 2. The number of amides is 1. The van der Waals surface area contributed by atoms with Crippen molar-refractivity contribution in [3.05, 3.63) is 58.0 Å². The SMILES string of the molecule is Cc1cccc(OCCNC(=O)c2ccc(=O)[nH]n2)c1. The Morgan fingerprint density at radius 1 is 1.35 bits per heavy atom. The molecule has 0 atom stereocenters. The van der Waals surface area contributed by atoms with E-state index in [0.29, 0.717) is 13.2 Å². The van der Waals surface area contributed by atoms with Gasteiger partial charge in [-0.3, -0.25) is 9.59 Å². The maximum absolute atomic E-state index is 11.7. The third-order valence-corrected chi connectivity index (χ3v) is 2.56. The summed E-state index contributed by atoms with van der Waals surface area (Å²) in [5.74, 6) is 0.413. The fourth-order valence-corrected chi connectivity index (χ4v) is 1.60. The Morgan fingerprint density at radius 2 is 2.20 bits per heavy atom. The summed E-state index contributed by atoms with van der Waals surface area (Å²) in [7, 11) is 0. The van der Waals surface area contributed by atoms with Crippen molar-refractivity contribution in [2.75, 3.05) is 13.2 Å². The van der Waals surface area contributed by atoms with Gasteiger partial charge in [0.1, 0.15) is 18.1 Å². The molecule has 1 aromatic carbocycles. The van der Waals surface area contributed by atoms with Gasteiger partial charge in [-0.2, -0.15) is 5.10 Å². The maximum atomic E-state index is 11.7. The third kappa shape index (κ3) is 3.94. The first-order chi connectivity index (χ1) is 9.65. The first-order valence-electron chi connectivity index (χ1n) is 6.18. The quantitative estimate of drug-likeness (QED) is 0.792. The summed E-state index contributed by atoms with van der Waals surface area (Å²) in [5, 5.41) is 8.50. The van der Waals surface area contributed by atoms with E-state index in [4.69, 9.17) is 4.74 Å². The summed E-state index contributed by atoms with van der Waals surface area (Å²) >= 11 is 0. The molecule has 0 radical (unpaired) electrons. The van der Waals surface area contributed by atoms with Crippen LogP contribution in [0.5, 0.6) is 5.75 Å². The number of benzene rings is 1. The van der Waals surface area contributed by atoms with Crippen LogP contribution in [0, 0.1) is 6.92 Å². The summed E-state index contributed by atoms with van der Waals surface area (Å²) in [6.07, 6.45) is 0. The van der Waals surface area contributed by atoms with Crippen LogP contribution in [0.15, 0.2) is 41.2 Å². The molecule has 104 valence electrons. The molecule has 2 rings (SSSR count). The van der Waals surface area contributed by atoms with E-state index in [0.717, 1.165) is 11.3 Å². The van der Waals surface area contributed by atoms with E-state index in [1.807, 2.05) is 31.2 Å². The van der Waals surface area contributed by atoms with Gasteiger partial charge in [0.05, 0.1) is 6.54 Å². The average molecular weight is 273 g/mol. The highest BCUT2D eigenvalue weighted by Crippen LogP contribution is 2.11. The van der Waals surface area contributed by atoms with Crippen LogP contribution in [-0.2, 0) is 0 Å². The van der Waals surface area contributed by atoms with Gasteiger partial charge in [0.2, 0.25) is 0 Å². The van der Waals surface area contributed by atoms with E-state index >= 15 is 0 Å². The number of rotatable bonds is 5. The lowest BCUT2D eigenvalue weighted by atomic mass is 10.2. The molecule has 6 heteroatoms. The van der Waals surface area contributed by atoms with Gasteiger partial charge in [-0.1, -0.05) is 12.1 Å². The lowest BCUT2D eigenvalue weighted by molar-refractivity contribution is 0.0941. The van der Waals surface area contributed by atoms with E-state index in [-0.39, 0.29) is 17.2 Å². The molecule has 2 aromatic rings. The van der Waals surface area contributed by atoms with Gasteiger partial charge >= 0.3 is 0 Å². The summed E-state index contributed by atoms with van der Waals surface area (Å²) in [6, 6.07) is 10.3. The first-order valence-corrected chi connectivity index (χ1v) is 6.18. The van der Waals surface area contributed by atoms with Crippen molar-refractivity contribution < 1.29 is 9.53 Å². The number of hydrogen-bond donors (Lipinski definition) is 2. The predicted molar refractivity (Wildman–Crippen MR) is 73.9 cm³/mol. The van der Waals surface area contributed by atoms with Crippen LogP contribution < -0.4 is 15.6 Å². The number of ether oxygens (including phenoxy) is 1. The van der Waals surface area contributed by atoms with Crippen molar-refractivity contribution in [3.63, 3.8) is 0 Å². The number of aromatic amines is 1. The van der Waals surface area contributed by atoms with Crippen molar-refractivity contribution in [1.82, 2.24) is 15.5 Å². The normalized spacial score (nSPS) is 10.1. The molecule has 2 N–H and O–H groups in total. The molecule has 1 amide bonds. The molecule has 0 unspecified atom stereocenters. The Hall–Kier alpha value is -2.63. The minimum atomic E-state index is -0.353. The number of nitrogens with one attached hydrogen (secondary N) is 2. The van der Waals surface area contributed by atoms with E-state index in [2.05, 4.69) is 15.5 Å². The third-order valence-electron chi connectivity index (χ3n) is 2.56. The average Bonchev–Trinajstić information content (AvgIpc) is 2.44. The van der Waals surface area contributed by atoms with Crippen molar-refractivity contribution in [2.24, 2.45) is 0 Å². The van der Waals surface area contributed by atoms with Gasteiger partial charge in [-0.05, 0) is 30.7 Å². The highest BCUT2D eigenvalue weighted by Gasteiger charge is 2.06. The zero-order valence-electron chi connectivity index (χ0n) is 11.1. The van der Waals surface area contributed by atoms with Gasteiger partial charge in [0.25, 0.3) is 11.5 Å². The predicted octanol–water partition coefficient (Wildman–Crippen LogP) is 0.887. The number of carbonyl (C=O) groups excluding carboxylic acids is 1. The Balaban J connectivity index is 1.77. The fraction of sp³-hybridized carbons (Fsp3) is 0.214. The van der Waals surface area contributed by atoms with Crippen LogP contribution in [-0.4, -0.2) is 29.3 Å². The maximum Gasteiger partial charge on any atom is 0.271 e. The molecule has 1 aromatic heterocycles. The minimum Gasteiger partial charge on any atom is -0.492 e. The largest absolute Gasteiger partial charge is 0.492 e. The van der Waals surface area contributed by atoms with Crippen LogP contribution >= 0.6 is 0 Å². The molecule has 0 aliphatic heterocycles. The van der Waals surface area contributed by atoms with Crippen molar-refractivity contribution in [2.45, 2.75) is 6.92 Å². The zero-order chi connectivity index (χ0) is 14.4. The summed E-state index contributed by atoms with van der Waals surface area (Å²) in [6.45, 7) is 2.70. The highest BCUT2D eigenvalue weighted by atomic mass is 16.5. The molecule has 20 heavy (non-hydrogen) atoms. The fourth-order valence-electron chi connectivity index (χ4n) is 1.60. The van der Waals surface area contributed by atoms with E-state index in [1.54, 1.807) is 0 Å². The van der Waals surface area contributed by atoms with E-state index < -0.39 is 0 Å². The van der Waals surface area contributed by atoms with E-state index in [9.17, 15) is 9.59 Å². The number of hydrogen-bond acceptors (Lipinski definition) is 4. The highest BCUT2D eigenvalue weighted by molar-refractivity contribution is 5.91. The Kier molecular flexibility index (Phi) is 4.49. The molecular formula is C14H15N3O3. The summed E-state index contributed by atoms with van der Waals surface area (Å²) in [5.41, 5.74) is 0.938. The van der Waals surface area contributed by atoms with E-state index in [1.165, 1.54) is 12.1 Å². The van der Waals surface area contributed by atoms with Gasteiger partial charge in [-0.25, -0.2) is 5.10 Å². The molecule has 0 saturated heterocycles. The molecule has 0 saturated carbocycles. The van der Waals surface area contributed by atoms with Crippen LogP contribution in [0.4, 0.5) is 0 Å². The minimum absolute atomic E-state index is 0.167. The van der Waals surface area contributed by atoms with Crippen LogP contribution in [0.2, 0.25) is 0 Å². The van der Waals surface area contributed by atoms with Gasteiger partial charge in [0, 0.05) is 6.07 Å². The smallest absolute Gasteiger partial charge is 0.271 e. The monoisotopic (exact) mass is 273 g/mol. The van der Waals surface area contributed by atoms with Crippen molar-refractivity contribution >= 4 is 5.91 Å². The molecule has 0 spiro atoms. The lowest BCUT2D eigenvalue weighted by Gasteiger charge is -2.07. The summed E-state index contributed by atoms with van der Waals surface area (Å²) < 4.78 is 5.50. The van der Waals surface area contributed by atoms with Crippen molar-refractivity contribution in [1.29, 1.82) is 0 Å². The first kappa shape index (κ1) is 13.8. The summed E-state index contributed by atoms with van der Waals surface area (Å²) in [4.78, 5) is 22.5. The second kappa shape index (κ2) is 6.51. The molecule has 0 aliphatic rings. The molecule has 0 bridgehead atoms. The van der Waals surface area contributed by atoms with Crippen LogP contribution in [0.25, 0.3) is 0 Å². The number of aryl methyl sites for hydroxylation is 1. The topological polar surface area (TPSA) is 84.1 Å². The number of carbonyl (C=O) groups is 1. The Labute approximate surface area is 115 Å². The molecule has 1 heterocycles. The van der Waals surface area contributed by atoms with Crippen LogP contribution in [0.1, 0.15) is 16.1 Å². The Morgan fingerprint density at radius 3 is 2.90 bits per heavy atom. The molecular weight excluding hydrogens is 258 g/mol. The van der Waals surface area contributed by atoms with Gasteiger partial charge in [0.15, 0.2) is 0 Å². The zero-order valence-corrected chi connectivity index (χ0v) is 11.1. The standard InChI is InChI=1S/C14H15N3O3/c1-10-3-2-4-11(9-10)20-8-7-15-14(19)12-5-6-13(18)17-16-12/h2-6,9H,7-8H2,1H3,(H,15,19)(H,17,18). The number of H-pyrrole nitrogens is 1. The van der Waals surface area contributed by atoms with Crippen LogP contribution in [0.3, 0.4) is 0 Å². The number of nitrogens with zero attached hydrogens (tertiary/aromatic N) is 1. The molecule has 0 fully saturated rings. The Bertz CT molecular complexity index is 632. The lowest BCUT2D eigenvalue weighted by Crippen LogP contribution is -2.29. The van der Waals surface area contributed by atoms with Gasteiger partial charge in [-0.15, -0.1) is 0 Å². The van der Waals surface area contributed by atoms with Crippen molar-refractivity contribution in [3.8, 4) is 5.75 Å². The second-order valence-corrected chi connectivity index (χ2v) is 4.23. The van der Waals surface area contributed by atoms with Gasteiger partial charge < -0.3 is 10.1 Å². The molecule has 0 aliphatic carbocycles. The second-order valence-electron chi connectivity index (χ2n) is 4.23. The molecule has 6 nitrogen and oxygen atoms in total.